The Hall–Kier alpha value is -1.06. The summed E-state index contributed by atoms with van der Waals surface area (Å²) in [6, 6.07) is 5.55. The zero-order chi connectivity index (χ0) is 10.3. The molecule has 0 unspecified atom stereocenters. The molecule has 0 amide bonds. The quantitative estimate of drug-likeness (QED) is 0.636. The number of fused-ring (bicyclic) bond motifs is 1. The van der Waals surface area contributed by atoms with Crippen LogP contribution in [0, 0.1) is 0 Å². The molecule has 3 heteroatoms. The second-order valence-electron chi connectivity index (χ2n) is 4.28. The molecule has 0 saturated heterocycles. The van der Waals surface area contributed by atoms with E-state index in [1.165, 1.54) is 5.56 Å². The van der Waals surface area contributed by atoms with Gasteiger partial charge in [-0.3, -0.25) is 0 Å². The highest BCUT2D eigenvalue weighted by molar-refractivity contribution is 6.58. The molecule has 2 rings (SSSR count). The Labute approximate surface area is 84.0 Å². The van der Waals surface area contributed by atoms with Crippen LogP contribution in [0.5, 0.6) is 0 Å². The van der Waals surface area contributed by atoms with E-state index in [4.69, 9.17) is 10.0 Å². The minimum Gasteiger partial charge on any atom is -0.423 e. The normalized spacial score (nSPS) is 16.9. The highest BCUT2D eigenvalue weighted by atomic mass is 16.4. The Morgan fingerprint density at radius 3 is 2.57 bits per heavy atom. The van der Waals surface area contributed by atoms with Crippen LogP contribution in [0.4, 0.5) is 0 Å². The fraction of sp³-hybridized carbons (Fsp3) is 0.273. The molecule has 0 aliphatic heterocycles. The Bertz CT molecular complexity index is 394. The van der Waals surface area contributed by atoms with Crippen molar-refractivity contribution in [3.8, 4) is 0 Å². The molecule has 2 N–H and O–H groups in total. The molecule has 1 aliphatic carbocycles. The Balaban J connectivity index is 2.49. The van der Waals surface area contributed by atoms with Crippen LogP contribution in [0.3, 0.4) is 0 Å². The van der Waals surface area contributed by atoms with E-state index in [0.717, 1.165) is 5.56 Å². The molecule has 0 fully saturated rings. The predicted molar refractivity (Wildman–Crippen MR) is 58.3 cm³/mol. The minimum absolute atomic E-state index is 0.0638. The molecule has 0 spiro atoms. The maximum absolute atomic E-state index is 9.02. The summed E-state index contributed by atoms with van der Waals surface area (Å²) in [7, 11) is -1.38. The molecule has 1 aliphatic rings. The molecule has 0 aromatic heterocycles. The third-order valence-corrected chi connectivity index (χ3v) is 2.75. The van der Waals surface area contributed by atoms with Crippen LogP contribution < -0.4 is 5.46 Å². The highest BCUT2D eigenvalue weighted by Crippen LogP contribution is 2.34. The molecule has 2 nitrogen and oxygen atoms in total. The minimum atomic E-state index is -1.38. The maximum Gasteiger partial charge on any atom is 0.488 e. The van der Waals surface area contributed by atoms with Crippen LogP contribution in [-0.2, 0) is 5.41 Å². The van der Waals surface area contributed by atoms with E-state index in [1.807, 2.05) is 18.2 Å². The summed E-state index contributed by atoms with van der Waals surface area (Å²) in [6.45, 7) is 4.29. The Kier molecular flexibility index (Phi) is 2.02. The van der Waals surface area contributed by atoms with Gasteiger partial charge in [-0.05, 0) is 16.6 Å². The van der Waals surface area contributed by atoms with Gasteiger partial charge in [-0.2, -0.15) is 0 Å². The molecule has 0 radical (unpaired) electrons. The molecule has 72 valence electrons. The SMILES string of the molecule is CC1(C)C=Cc2cc(B(O)O)ccc21. The standard InChI is InChI=1S/C11H13BO2/c1-11(2)6-5-8-7-9(12(13)14)3-4-10(8)11/h3-7,13-14H,1-2H3. The van der Waals surface area contributed by atoms with Gasteiger partial charge in [0.1, 0.15) is 0 Å². The van der Waals surface area contributed by atoms with Crippen molar-refractivity contribution in [2.75, 3.05) is 0 Å². The van der Waals surface area contributed by atoms with Crippen molar-refractivity contribution in [3.63, 3.8) is 0 Å². The third-order valence-electron chi connectivity index (χ3n) is 2.75. The maximum atomic E-state index is 9.02. The third kappa shape index (κ3) is 1.39. The first-order valence-corrected chi connectivity index (χ1v) is 4.70. The largest absolute Gasteiger partial charge is 0.488 e. The second-order valence-corrected chi connectivity index (χ2v) is 4.28. The first kappa shape index (κ1) is 9.50. The van der Waals surface area contributed by atoms with Gasteiger partial charge in [0.2, 0.25) is 0 Å². The summed E-state index contributed by atoms with van der Waals surface area (Å²) in [4.78, 5) is 0. The van der Waals surface area contributed by atoms with Gasteiger partial charge in [0.25, 0.3) is 0 Å². The topological polar surface area (TPSA) is 40.5 Å². The summed E-state index contributed by atoms with van der Waals surface area (Å²) in [5, 5.41) is 18.0. The fourth-order valence-electron chi connectivity index (χ4n) is 1.85. The van der Waals surface area contributed by atoms with Crippen molar-refractivity contribution >= 4 is 18.7 Å². The molecular weight excluding hydrogens is 175 g/mol. The van der Waals surface area contributed by atoms with Gasteiger partial charge in [-0.1, -0.05) is 44.2 Å². The average Bonchev–Trinajstić information content (AvgIpc) is 2.42. The molecule has 0 bridgehead atoms. The van der Waals surface area contributed by atoms with Crippen molar-refractivity contribution < 1.29 is 10.0 Å². The van der Waals surface area contributed by atoms with Crippen LogP contribution in [0.15, 0.2) is 24.3 Å². The summed E-state index contributed by atoms with van der Waals surface area (Å²) in [6.07, 6.45) is 4.16. The number of rotatable bonds is 1. The lowest BCUT2D eigenvalue weighted by Crippen LogP contribution is -2.30. The first-order valence-electron chi connectivity index (χ1n) is 4.70. The summed E-state index contributed by atoms with van der Waals surface area (Å²) in [5.74, 6) is 0. The monoisotopic (exact) mass is 188 g/mol. The number of allylic oxidation sites excluding steroid dienone is 1. The molecule has 14 heavy (non-hydrogen) atoms. The lowest BCUT2D eigenvalue weighted by molar-refractivity contribution is 0.425. The van der Waals surface area contributed by atoms with E-state index in [1.54, 1.807) is 6.07 Å². The molecule has 0 saturated carbocycles. The predicted octanol–water partition coefficient (Wildman–Crippen LogP) is 0.671. The molecule has 1 aromatic carbocycles. The van der Waals surface area contributed by atoms with E-state index >= 15 is 0 Å². The summed E-state index contributed by atoms with van der Waals surface area (Å²) >= 11 is 0. The van der Waals surface area contributed by atoms with Crippen LogP contribution in [0.1, 0.15) is 25.0 Å². The fourth-order valence-corrected chi connectivity index (χ4v) is 1.85. The van der Waals surface area contributed by atoms with Crippen LogP contribution in [0.2, 0.25) is 0 Å². The van der Waals surface area contributed by atoms with Gasteiger partial charge in [-0.15, -0.1) is 0 Å². The summed E-state index contributed by atoms with van der Waals surface area (Å²) in [5.41, 5.74) is 2.93. The summed E-state index contributed by atoms with van der Waals surface area (Å²) < 4.78 is 0. The van der Waals surface area contributed by atoms with Crippen LogP contribution in [0.25, 0.3) is 6.08 Å². The van der Waals surface area contributed by atoms with Crippen molar-refractivity contribution in [3.05, 3.63) is 35.4 Å². The Morgan fingerprint density at radius 2 is 1.93 bits per heavy atom. The average molecular weight is 188 g/mol. The van der Waals surface area contributed by atoms with E-state index < -0.39 is 7.12 Å². The zero-order valence-electron chi connectivity index (χ0n) is 8.36. The van der Waals surface area contributed by atoms with Gasteiger partial charge in [0.05, 0.1) is 0 Å². The van der Waals surface area contributed by atoms with Crippen molar-refractivity contribution in [2.45, 2.75) is 19.3 Å². The van der Waals surface area contributed by atoms with Crippen molar-refractivity contribution in [2.24, 2.45) is 0 Å². The van der Waals surface area contributed by atoms with Crippen LogP contribution >= 0.6 is 0 Å². The van der Waals surface area contributed by atoms with Gasteiger partial charge in [0.15, 0.2) is 0 Å². The van der Waals surface area contributed by atoms with E-state index in [0.29, 0.717) is 5.46 Å². The second kappa shape index (κ2) is 2.97. The molecular formula is C11H13BO2. The van der Waals surface area contributed by atoms with Gasteiger partial charge in [-0.25, -0.2) is 0 Å². The molecule has 0 heterocycles. The van der Waals surface area contributed by atoms with E-state index in [-0.39, 0.29) is 5.41 Å². The first-order chi connectivity index (χ1) is 6.50. The number of hydrogen-bond donors (Lipinski definition) is 2. The van der Waals surface area contributed by atoms with E-state index in [9.17, 15) is 0 Å². The van der Waals surface area contributed by atoms with Gasteiger partial charge in [0, 0.05) is 5.41 Å². The van der Waals surface area contributed by atoms with Gasteiger partial charge < -0.3 is 10.0 Å². The zero-order valence-corrected chi connectivity index (χ0v) is 8.36. The number of hydrogen-bond acceptors (Lipinski definition) is 2. The number of benzene rings is 1. The van der Waals surface area contributed by atoms with Crippen molar-refractivity contribution in [1.82, 2.24) is 0 Å². The lowest BCUT2D eigenvalue weighted by Gasteiger charge is -2.17. The smallest absolute Gasteiger partial charge is 0.423 e. The lowest BCUT2D eigenvalue weighted by atomic mass is 9.77. The van der Waals surface area contributed by atoms with Crippen molar-refractivity contribution in [1.29, 1.82) is 0 Å². The highest BCUT2D eigenvalue weighted by Gasteiger charge is 2.25. The van der Waals surface area contributed by atoms with Gasteiger partial charge >= 0.3 is 7.12 Å². The molecule has 0 atom stereocenters. The molecule has 1 aromatic rings. The Morgan fingerprint density at radius 1 is 1.21 bits per heavy atom. The van der Waals surface area contributed by atoms with Crippen LogP contribution in [-0.4, -0.2) is 17.2 Å². The van der Waals surface area contributed by atoms with E-state index in [2.05, 4.69) is 19.9 Å².